The van der Waals surface area contributed by atoms with E-state index in [4.69, 9.17) is 0 Å². The first-order chi connectivity index (χ1) is 12.4. The molecule has 0 aromatic heterocycles. The molecule has 0 saturated carbocycles. The Bertz CT molecular complexity index is 790. The lowest BCUT2D eigenvalue weighted by Gasteiger charge is -2.29. The molecule has 2 aromatic carbocycles. The van der Waals surface area contributed by atoms with Crippen molar-refractivity contribution in [2.24, 2.45) is 0 Å². The standard InChI is InChI=1S/C20H28N2O3S/c1-4-21(5-2)15-19(23)16-22(18-11-9-10-17(3)14-18)26(24,25)20-12-7-6-8-13-20/h6-14,19,23H,4-5,15-16H2,1-3H3. The molecule has 0 aliphatic heterocycles. The van der Waals surface area contributed by atoms with Crippen molar-refractivity contribution in [3.63, 3.8) is 0 Å². The quantitative estimate of drug-likeness (QED) is 0.731. The first kappa shape index (κ1) is 20.4. The summed E-state index contributed by atoms with van der Waals surface area (Å²) in [5.41, 5.74) is 1.53. The topological polar surface area (TPSA) is 60.9 Å². The van der Waals surface area contributed by atoms with Crippen LogP contribution in [0.25, 0.3) is 0 Å². The molecule has 2 rings (SSSR count). The summed E-state index contributed by atoms with van der Waals surface area (Å²) in [7, 11) is -3.76. The summed E-state index contributed by atoms with van der Waals surface area (Å²) in [6.07, 6.45) is -0.783. The molecule has 0 heterocycles. The molecule has 1 atom stereocenters. The molecular formula is C20H28N2O3S. The first-order valence-electron chi connectivity index (χ1n) is 8.93. The number of aryl methyl sites for hydroxylation is 1. The second-order valence-electron chi connectivity index (χ2n) is 6.33. The summed E-state index contributed by atoms with van der Waals surface area (Å²) in [5, 5.41) is 10.5. The highest BCUT2D eigenvalue weighted by atomic mass is 32.2. The van der Waals surface area contributed by atoms with Gasteiger partial charge in [-0.15, -0.1) is 0 Å². The van der Waals surface area contributed by atoms with Gasteiger partial charge in [0.2, 0.25) is 0 Å². The van der Waals surface area contributed by atoms with E-state index in [1.54, 1.807) is 36.4 Å². The van der Waals surface area contributed by atoms with Crippen LogP contribution in [0.3, 0.4) is 0 Å². The van der Waals surface area contributed by atoms with Gasteiger partial charge in [0.15, 0.2) is 0 Å². The fourth-order valence-electron chi connectivity index (χ4n) is 2.87. The van der Waals surface area contributed by atoms with Crippen molar-refractivity contribution in [2.45, 2.75) is 31.8 Å². The predicted octanol–water partition coefficient (Wildman–Crippen LogP) is 2.89. The maximum absolute atomic E-state index is 13.2. The van der Waals surface area contributed by atoms with Gasteiger partial charge >= 0.3 is 0 Å². The molecule has 142 valence electrons. The van der Waals surface area contributed by atoms with Gasteiger partial charge in [0.05, 0.1) is 23.2 Å². The molecule has 0 radical (unpaired) electrons. The van der Waals surface area contributed by atoms with E-state index in [9.17, 15) is 13.5 Å². The van der Waals surface area contributed by atoms with Crippen molar-refractivity contribution >= 4 is 15.7 Å². The Kier molecular flexibility index (Phi) is 7.20. The zero-order valence-electron chi connectivity index (χ0n) is 15.7. The van der Waals surface area contributed by atoms with Crippen LogP contribution in [-0.2, 0) is 10.0 Å². The number of hydrogen-bond donors (Lipinski definition) is 1. The third-order valence-corrected chi connectivity index (χ3v) is 6.17. The Morgan fingerprint density at radius 1 is 0.962 bits per heavy atom. The Morgan fingerprint density at radius 2 is 1.62 bits per heavy atom. The summed E-state index contributed by atoms with van der Waals surface area (Å²) in [4.78, 5) is 2.30. The molecular weight excluding hydrogens is 348 g/mol. The minimum atomic E-state index is -3.76. The molecule has 0 aliphatic rings. The van der Waals surface area contributed by atoms with Gasteiger partial charge in [-0.2, -0.15) is 0 Å². The van der Waals surface area contributed by atoms with Crippen LogP contribution in [0.15, 0.2) is 59.5 Å². The number of aliphatic hydroxyl groups excluding tert-OH is 1. The Labute approximate surface area is 156 Å². The third kappa shape index (κ3) is 5.06. The van der Waals surface area contributed by atoms with Crippen molar-refractivity contribution in [3.05, 3.63) is 60.2 Å². The average Bonchev–Trinajstić information content (AvgIpc) is 2.64. The lowest BCUT2D eigenvalue weighted by molar-refractivity contribution is 0.125. The van der Waals surface area contributed by atoms with Crippen LogP contribution in [0, 0.1) is 6.92 Å². The minimum Gasteiger partial charge on any atom is -0.390 e. The van der Waals surface area contributed by atoms with Crippen molar-refractivity contribution in [3.8, 4) is 0 Å². The highest BCUT2D eigenvalue weighted by molar-refractivity contribution is 7.92. The second kappa shape index (κ2) is 9.16. The van der Waals surface area contributed by atoms with Gasteiger partial charge in [0, 0.05) is 6.54 Å². The predicted molar refractivity (Wildman–Crippen MR) is 106 cm³/mol. The van der Waals surface area contributed by atoms with Gasteiger partial charge in [-0.1, -0.05) is 44.2 Å². The number of benzene rings is 2. The van der Waals surface area contributed by atoms with E-state index in [1.807, 2.05) is 39.0 Å². The highest BCUT2D eigenvalue weighted by Gasteiger charge is 2.27. The van der Waals surface area contributed by atoms with E-state index in [1.165, 1.54) is 4.31 Å². The zero-order valence-corrected chi connectivity index (χ0v) is 16.5. The second-order valence-corrected chi connectivity index (χ2v) is 8.19. The van der Waals surface area contributed by atoms with Crippen LogP contribution in [0.4, 0.5) is 5.69 Å². The van der Waals surface area contributed by atoms with Crippen molar-refractivity contribution in [1.29, 1.82) is 0 Å². The molecule has 0 bridgehead atoms. The number of likely N-dealkylation sites (N-methyl/N-ethyl adjacent to an activating group) is 1. The van der Waals surface area contributed by atoms with Gasteiger partial charge in [-0.25, -0.2) is 8.42 Å². The molecule has 6 heteroatoms. The van der Waals surface area contributed by atoms with E-state index >= 15 is 0 Å². The minimum absolute atomic E-state index is 0.0111. The van der Waals surface area contributed by atoms with Crippen LogP contribution in [0.2, 0.25) is 0 Å². The summed E-state index contributed by atoms with van der Waals surface area (Å²) in [5.74, 6) is 0. The number of anilines is 1. The molecule has 0 saturated heterocycles. The van der Waals surface area contributed by atoms with Crippen molar-refractivity contribution in [1.82, 2.24) is 4.90 Å². The molecule has 2 aromatic rings. The SMILES string of the molecule is CCN(CC)CC(O)CN(c1cccc(C)c1)S(=O)(=O)c1ccccc1. The van der Waals surface area contributed by atoms with Crippen LogP contribution >= 0.6 is 0 Å². The van der Waals surface area contributed by atoms with Gasteiger partial charge in [0.25, 0.3) is 10.0 Å². The molecule has 0 aliphatic carbocycles. The number of hydrogen-bond acceptors (Lipinski definition) is 4. The van der Waals surface area contributed by atoms with E-state index < -0.39 is 16.1 Å². The first-order valence-corrected chi connectivity index (χ1v) is 10.4. The van der Waals surface area contributed by atoms with Crippen LogP contribution in [0.1, 0.15) is 19.4 Å². The smallest absolute Gasteiger partial charge is 0.264 e. The third-order valence-electron chi connectivity index (χ3n) is 4.36. The van der Waals surface area contributed by atoms with Gasteiger partial charge in [0.1, 0.15) is 0 Å². The molecule has 1 N–H and O–H groups in total. The fraction of sp³-hybridized carbons (Fsp3) is 0.400. The number of nitrogens with zero attached hydrogens (tertiary/aromatic N) is 2. The number of sulfonamides is 1. The highest BCUT2D eigenvalue weighted by Crippen LogP contribution is 2.25. The maximum atomic E-state index is 13.2. The van der Waals surface area contributed by atoms with E-state index in [0.29, 0.717) is 12.2 Å². The van der Waals surface area contributed by atoms with Gasteiger partial charge in [-0.05, 0) is 49.8 Å². The molecule has 0 fully saturated rings. The Balaban J connectivity index is 2.37. The van der Waals surface area contributed by atoms with E-state index in [-0.39, 0.29) is 11.4 Å². The van der Waals surface area contributed by atoms with Crippen LogP contribution in [0.5, 0.6) is 0 Å². The normalized spacial score (nSPS) is 13.0. The number of rotatable bonds is 9. The lowest BCUT2D eigenvalue weighted by atomic mass is 10.2. The van der Waals surface area contributed by atoms with Crippen LogP contribution in [-0.4, -0.2) is 50.7 Å². The molecule has 0 amide bonds. The van der Waals surface area contributed by atoms with Gasteiger partial charge in [-0.3, -0.25) is 4.31 Å². The largest absolute Gasteiger partial charge is 0.390 e. The molecule has 0 spiro atoms. The molecule has 26 heavy (non-hydrogen) atoms. The van der Waals surface area contributed by atoms with Gasteiger partial charge < -0.3 is 10.0 Å². The van der Waals surface area contributed by atoms with Crippen molar-refractivity contribution < 1.29 is 13.5 Å². The van der Waals surface area contributed by atoms with Crippen LogP contribution < -0.4 is 4.31 Å². The summed E-state index contributed by atoms with van der Waals surface area (Å²) in [6, 6.07) is 15.7. The number of aliphatic hydroxyl groups is 1. The van der Waals surface area contributed by atoms with Crippen molar-refractivity contribution in [2.75, 3.05) is 30.5 Å². The fourth-order valence-corrected chi connectivity index (χ4v) is 4.39. The summed E-state index contributed by atoms with van der Waals surface area (Å²) >= 11 is 0. The summed E-state index contributed by atoms with van der Waals surface area (Å²) in [6.45, 7) is 8.03. The molecule has 5 nitrogen and oxygen atoms in total. The summed E-state index contributed by atoms with van der Waals surface area (Å²) < 4.78 is 27.7. The zero-order chi connectivity index (χ0) is 19.2. The average molecular weight is 377 g/mol. The Morgan fingerprint density at radius 3 is 2.19 bits per heavy atom. The van der Waals surface area contributed by atoms with E-state index in [2.05, 4.69) is 4.90 Å². The molecule has 1 unspecified atom stereocenters. The van der Waals surface area contributed by atoms with E-state index in [0.717, 1.165) is 18.7 Å². The Hall–Kier alpha value is -1.89. The maximum Gasteiger partial charge on any atom is 0.264 e. The lowest BCUT2D eigenvalue weighted by Crippen LogP contribution is -2.43. The monoisotopic (exact) mass is 376 g/mol.